The Morgan fingerprint density at radius 1 is 0.897 bits per heavy atom. The molecule has 202 valence electrons. The molecule has 5 rings (SSSR count). The van der Waals surface area contributed by atoms with Crippen molar-refractivity contribution in [2.24, 2.45) is 0 Å². The van der Waals surface area contributed by atoms with Crippen molar-refractivity contribution in [1.82, 2.24) is 24.6 Å². The fourth-order valence-electron chi connectivity index (χ4n) is 5.02. The standard InChI is InChI=1S/C30H34N6O3/c1-3-39-27(38)16-15-26(37)34-17-10-18-35(20-19-34)29-28-22(2)33-36(24-13-8-5-9-14-24)30(28)32-25(31-29)21-23-11-6-4-7-12-23/h4-9,11-14H,3,10,15-21H2,1-2H3. The number of esters is 1. The van der Waals surface area contributed by atoms with Crippen molar-refractivity contribution in [2.75, 3.05) is 37.7 Å². The van der Waals surface area contributed by atoms with E-state index in [0.717, 1.165) is 52.6 Å². The maximum Gasteiger partial charge on any atom is 0.306 e. The summed E-state index contributed by atoms with van der Waals surface area (Å²) in [7, 11) is 0. The van der Waals surface area contributed by atoms with E-state index in [1.165, 1.54) is 0 Å². The van der Waals surface area contributed by atoms with Gasteiger partial charge in [0.15, 0.2) is 5.65 Å². The predicted octanol–water partition coefficient (Wildman–Crippen LogP) is 4.10. The molecule has 1 saturated heterocycles. The van der Waals surface area contributed by atoms with E-state index >= 15 is 0 Å². The summed E-state index contributed by atoms with van der Waals surface area (Å²) in [6.07, 6.45) is 1.69. The number of carbonyl (C=O) groups excluding carboxylic acids is 2. The topological polar surface area (TPSA) is 93.5 Å². The number of fused-ring (bicyclic) bond motifs is 1. The number of nitrogens with zero attached hydrogens (tertiary/aromatic N) is 6. The van der Waals surface area contributed by atoms with Gasteiger partial charge in [-0.25, -0.2) is 14.6 Å². The van der Waals surface area contributed by atoms with Crippen molar-refractivity contribution < 1.29 is 14.3 Å². The minimum absolute atomic E-state index is 0.0180. The average Bonchev–Trinajstić information content (AvgIpc) is 3.11. The van der Waals surface area contributed by atoms with Crippen LogP contribution in [0.2, 0.25) is 0 Å². The van der Waals surface area contributed by atoms with Crippen molar-refractivity contribution in [3.05, 3.63) is 77.7 Å². The molecule has 2 aromatic heterocycles. The van der Waals surface area contributed by atoms with Gasteiger partial charge in [-0.1, -0.05) is 48.5 Å². The Kier molecular flexibility index (Phi) is 8.15. The lowest BCUT2D eigenvalue weighted by molar-refractivity contribution is -0.145. The first-order chi connectivity index (χ1) is 19.0. The number of anilines is 1. The van der Waals surface area contributed by atoms with Gasteiger partial charge >= 0.3 is 5.97 Å². The Bertz CT molecular complexity index is 1440. The number of hydrogen-bond acceptors (Lipinski definition) is 7. The Balaban J connectivity index is 1.46. The number of carbonyl (C=O) groups is 2. The molecule has 0 unspecified atom stereocenters. The van der Waals surface area contributed by atoms with Crippen LogP contribution in [0.1, 0.15) is 43.3 Å². The van der Waals surface area contributed by atoms with Crippen LogP contribution in [0.15, 0.2) is 60.7 Å². The molecule has 0 N–H and O–H groups in total. The lowest BCUT2D eigenvalue weighted by Gasteiger charge is -2.24. The lowest BCUT2D eigenvalue weighted by atomic mass is 10.1. The van der Waals surface area contributed by atoms with Crippen LogP contribution >= 0.6 is 0 Å². The van der Waals surface area contributed by atoms with E-state index in [0.29, 0.717) is 32.7 Å². The van der Waals surface area contributed by atoms with E-state index in [9.17, 15) is 9.59 Å². The number of amides is 1. The first-order valence-electron chi connectivity index (χ1n) is 13.6. The summed E-state index contributed by atoms with van der Waals surface area (Å²) in [6.45, 7) is 6.69. The first-order valence-corrected chi connectivity index (χ1v) is 13.6. The van der Waals surface area contributed by atoms with Gasteiger partial charge in [0, 0.05) is 39.0 Å². The molecule has 0 bridgehead atoms. The fraction of sp³-hybridized carbons (Fsp3) is 0.367. The number of rotatable bonds is 8. The zero-order chi connectivity index (χ0) is 27.2. The van der Waals surface area contributed by atoms with Gasteiger partial charge in [0.25, 0.3) is 0 Å². The smallest absolute Gasteiger partial charge is 0.306 e. The van der Waals surface area contributed by atoms with Crippen LogP contribution in [0, 0.1) is 6.92 Å². The highest BCUT2D eigenvalue weighted by molar-refractivity contribution is 5.91. The molecule has 0 atom stereocenters. The van der Waals surface area contributed by atoms with E-state index in [4.69, 9.17) is 19.8 Å². The van der Waals surface area contributed by atoms with Crippen LogP contribution < -0.4 is 4.90 Å². The Labute approximate surface area is 228 Å². The fourth-order valence-corrected chi connectivity index (χ4v) is 5.02. The number of aromatic nitrogens is 4. The van der Waals surface area contributed by atoms with E-state index in [2.05, 4.69) is 17.0 Å². The molecule has 1 aliphatic rings. The van der Waals surface area contributed by atoms with E-state index in [1.807, 2.05) is 65.0 Å². The molecular weight excluding hydrogens is 492 g/mol. The third-order valence-electron chi connectivity index (χ3n) is 6.93. The maximum absolute atomic E-state index is 12.8. The minimum Gasteiger partial charge on any atom is -0.466 e. The van der Waals surface area contributed by atoms with Crippen molar-refractivity contribution in [3.63, 3.8) is 0 Å². The number of aryl methyl sites for hydroxylation is 1. The molecule has 0 aliphatic carbocycles. The summed E-state index contributed by atoms with van der Waals surface area (Å²) in [5, 5.41) is 5.79. The molecule has 0 spiro atoms. The monoisotopic (exact) mass is 526 g/mol. The van der Waals surface area contributed by atoms with Gasteiger partial charge in [-0.2, -0.15) is 5.10 Å². The van der Waals surface area contributed by atoms with Crippen molar-refractivity contribution in [2.45, 2.75) is 39.5 Å². The zero-order valence-electron chi connectivity index (χ0n) is 22.5. The third kappa shape index (κ3) is 6.08. The Morgan fingerprint density at radius 3 is 2.38 bits per heavy atom. The summed E-state index contributed by atoms with van der Waals surface area (Å²) < 4.78 is 6.88. The van der Waals surface area contributed by atoms with Gasteiger partial charge in [-0.15, -0.1) is 0 Å². The van der Waals surface area contributed by atoms with Crippen LogP contribution in [-0.2, 0) is 20.7 Å². The highest BCUT2D eigenvalue weighted by atomic mass is 16.5. The predicted molar refractivity (Wildman–Crippen MR) is 150 cm³/mol. The second kappa shape index (κ2) is 12.1. The molecule has 0 saturated carbocycles. The molecule has 39 heavy (non-hydrogen) atoms. The summed E-state index contributed by atoms with van der Waals surface area (Å²) in [5.74, 6) is 1.23. The van der Waals surface area contributed by atoms with E-state index in [-0.39, 0.29) is 24.7 Å². The molecule has 0 radical (unpaired) electrons. The van der Waals surface area contributed by atoms with Gasteiger partial charge in [0.1, 0.15) is 11.6 Å². The molecule has 4 aromatic rings. The van der Waals surface area contributed by atoms with E-state index in [1.54, 1.807) is 6.92 Å². The summed E-state index contributed by atoms with van der Waals surface area (Å²) >= 11 is 0. The Morgan fingerprint density at radius 2 is 1.64 bits per heavy atom. The van der Waals surface area contributed by atoms with Gasteiger partial charge in [0.2, 0.25) is 5.91 Å². The van der Waals surface area contributed by atoms with Gasteiger partial charge in [-0.05, 0) is 38.0 Å². The molecule has 2 aromatic carbocycles. The van der Waals surface area contributed by atoms with Crippen LogP contribution in [0.3, 0.4) is 0 Å². The minimum atomic E-state index is -0.331. The van der Waals surface area contributed by atoms with Crippen molar-refractivity contribution >= 4 is 28.7 Å². The SMILES string of the molecule is CCOC(=O)CCC(=O)N1CCCN(c2nc(Cc3ccccc3)nc3c2c(C)nn3-c2ccccc2)CC1. The molecule has 3 heterocycles. The number of para-hydroxylation sites is 1. The normalized spacial score (nSPS) is 13.9. The van der Waals surface area contributed by atoms with Crippen LogP contribution in [-0.4, -0.2) is 69.3 Å². The number of benzene rings is 2. The number of ether oxygens (including phenoxy) is 1. The second-order valence-corrected chi connectivity index (χ2v) is 9.68. The summed E-state index contributed by atoms with van der Waals surface area (Å²) in [5.41, 5.74) is 3.72. The van der Waals surface area contributed by atoms with Crippen molar-refractivity contribution in [1.29, 1.82) is 0 Å². The van der Waals surface area contributed by atoms with Crippen LogP contribution in [0.4, 0.5) is 5.82 Å². The quantitative estimate of drug-likeness (QED) is 0.319. The van der Waals surface area contributed by atoms with Gasteiger partial charge < -0.3 is 14.5 Å². The second-order valence-electron chi connectivity index (χ2n) is 9.68. The van der Waals surface area contributed by atoms with Crippen LogP contribution in [0.5, 0.6) is 0 Å². The largest absolute Gasteiger partial charge is 0.466 e. The zero-order valence-corrected chi connectivity index (χ0v) is 22.5. The Hall–Kier alpha value is -4.27. The highest BCUT2D eigenvalue weighted by Crippen LogP contribution is 2.30. The molecular formula is C30H34N6O3. The molecule has 1 fully saturated rings. The molecule has 1 amide bonds. The highest BCUT2D eigenvalue weighted by Gasteiger charge is 2.25. The number of hydrogen-bond donors (Lipinski definition) is 0. The third-order valence-corrected chi connectivity index (χ3v) is 6.93. The van der Waals surface area contributed by atoms with E-state index < -0.39 is 0 Å². The maximum atomic E-state index is 12.8. The van der Waals surface area contributed by atoms with Gasteiger partial charge in [0.05, 0.1) is 29.8 Å². The van der Waals surface area contributed by atoms with Gasteiger partial charge in [-0.3, -0.25) is 9.59 Å². The van der Waals surface area contributed by atoms with Crippen molar-refractivity contribution in [3.8, 4) is 5.69 Å². The van der Waals surface area contributed by atoms with Crippen LogP contribution in [0.25, 0.3) is 16.7 Å². The molecule has 1 aliphatic heterocycles. The average molecular weight is 527 g/mol. The molecule has 9 nitrogen and oxygen atoms in total. The first kappa shape index (κ1) is 26.3. The summed E-state index contributed by atoms with van der Waals surface area (Å²) in [4.78, 5) is 38.8. The lowest BCUT2D eigenvalue weighted by Crippen LogP contribution is -2.35. The molecule has 9 heteroatoms. The summed E-state index contributed by atoms with van der Waals surface area (Å²) in [6, 6.07) is 20.2.